The van der Waals surface area contributed by atoms with E-state index >= 15 is 0 Å². The minimum Gasteiger partial charge on any atom is -0.369 e. The number of carbonyl (C=O) groups is 2. The van der Waals surface area contributed by atoms with Crippen LogP contribution in [0.2, 0.25) is 0 Å². The number of primary amides is 1. The van der Waals surface area contributed by atoms with Gasteiger partial charge in [0, 0.05) is 38.0 Å². The van der Waals surface area contributed by atoms with Crippen molar-refractivity contribution in [1.82, 2.24) is 24.8 Å². The average molecular weight is 427 g/mol. The summed E-state index contributed by atoms with van der Waals surface area (Å²) in [5.74, 6) is -0.0394. The molecule has 2 aromatic rings. The molecule has 1 aromatic carbocycles. The van der Waals surface area contributed by atoms with E-state index < -0.39 is 0 Å². The monoisotopic (exact) mass is 426 g/mol. The molecule has 1 aromatic heterocycles. The first kappa shape index (κ1) is 21.4. The molecule has 0 saturated carbocycles. The summed E-state index contributed by atoms with van der Waals surface area (Å²) < 4.78 is 1.34. The Labute approximate surface area is 181 Å². The second-order valence-electron chi connectivity index (χ2n) is 8.56. The Morgan fingerprint density at radius 1 is 1.03 bits per heavy atom. The van der Waals surface area contributed by atoms with Gasteiger partial charge in [0.1, 0.15) is 5.52 Å². The molecule has 9 heteroatoms. The largest absolute Gasteiger partial charge is 0.369 e. The van der Waals surface area contributed by atoms with Crippen LogP contribution in [-0.2, 0) is 16.1 Å². The number of carbonyl (C=O) groups excluding carboxylic acids is 2. The number of fused-ring (bicyclic) bond motifs is 1. The summed E-state index contributed by atoms with van der Waals surface area (Å²) in [5, 5.41) is 8.62. The number of nitrogens with two attached hydrogens (primary N) is 1. The third-order valence-corrected chi connectivity index (χ3v) is 6.66. The third kappa shape index (κ3) is 4.92. The van der Waals surface area contributed by atoms with Crippen LogP contribution in [0.25, 0.3) is 10.9 Å². The topological polar surface area (TPSA) is 114 Å². The summed E-state index contributed by atoms with van der Waals surface area (Å²) in [4.78, 5) is 40.8. The first-order valence-electron chi connectivity index (χ1n) is 11.2. The number of amides is 2. The van der Waals surface area contributed by atoms with Crippen molar-refractivity contribution in [1.29, 1.82) is 0 Å². The molecule has 9 nitrogen and oxygen atoms in total. The Kier molecular flexibility index (Phi) is 6.60. The minimum atomic E-state index is -0.183. The Hall–Kier alpha value is -2.81. The maximum Gasteiger partial charge on any atom is 0.277 e. The van der Waals surface area contributed by atoms with Gasteiger partial charge in [-0.2, -0.15) is 0 Å². The molecule has 0 spiro atoms. The number of aryl methyl sites for hydroxylation is 1. The van der Waals surface area contributed by atoms with Gasteiger partial charge < -0.3 is 15.5 Å². The van der Waals surface area contributed by atoms with Crippen LogP contribution in [-0.4, -0.2) is 68.8 Å². The van der Waals surface area contributed by atoms with Gasteiger partial charge in [-0.25, -0.2) is 4.68 Å². The second-order valence-corrected chi connectivity index (χ2v) is 8.56. The van der Waals surface area contributed by atoms with Crippen molar-refractivity contribution in [3.05, 3.63) is 34.6 Å². The first-order chi connectivity index (χ1) is 15.0. The Morgan fingerprint density at radius 2 is 1.74 bits per heavy atom. The number of aromatic nitrogens is 3. The van der Waals surface area contributed by atoms with Crippen molar-refractivity contribution < 1.29 is 9.59 Å². The van der Waals surface area contributed by atoms with Crippen LogP contribution < -0.4 is 11.3 Å². The lowest BCUT2D eigenvalue weighted by molar-refractivity contribution is -0.133. The molecule has 0 aliphatic carbocycles. The van der Waals surface area contributed by atoms with Crippen LogP contribution >= 0.6 is 0 Å². The molecule has 0 radical (unpaired) electrons. The maximum atomic E-state index is 12.6. The highest BCUT2D eigenvalue weighted by molar-refractivity contribution is 5.77. The number of piperidine rings is 2. The van der Waals surface area contributed by atoms with Crippen LogP contribution in [0.4, 0.5) is 0 Å². The van der Waals surface area contributed by atoms with Gasteiger partial charge in [-0.05, 0) is 57.3 Å². The predicted molar refractivity (Wildman–Crippen MR) is 116 cm³/mol. The van der Waals surface area contributed by atoms with E-state index in [1.165, 1.54) is 4.68 Å². The average Bonchev–Trinajstić information content (AvgIpc) is 2.81. The van der Waals surface area contributed by atoms with Crippen LogP contribution in [0.3, 0.4) is 0 Å². The van der Waals surface area contributed by atoms with Gasteiger partial charge in [0.15, 0.2) is 0 Å². The van der Waals surface area contributed by atoms with E-state index in [9.17, 15) is 14.4 Å². The third-order valence-electron chi connectivity index (χ3n) is 6.66. The molecule has 0 unspecified atom stereocenters. The smallest absolute Gasteiger partial charge is 0.277 e. The standard InChI is InChI=1S/C22H30N6O3/c23-21(30)16-7-12-26(13-8-16)17-9-14-27(15-10-17)20(29)6-3-11-28-22(31)18-4-1-2-5-19(18)24-25-28/h1-2,4-5,16-17H,3,6-15H2,(H2,23,30). The molecule has 166 valence electrons. The van der Waals surface area contributed by atoms with Gasteiger partial charge in [-0.15, -0.1) is 5.10 Å². The van der Waals surface area contributed by atoms with Crippen molar-refractivity contribution in [3.8, 4) is 0 Å². The zero-order valence-electron chi connectivity index (χ0n) is 17.8. The Morgan fingerprint density at radius 3 is 2.45 bits per heavy atom. The molecular formula is C22H30N6O3. The molecule has 2 saturated heterocycles. The van der Waals surface area contributed by atoms with Crippen LogP contribution in [0.15, 0.2) is 29.1 Å². The molecule has 2 N–H and O–H groups in total. The van der Waals surface area contributed by atoms with Crippen molar-refractivity contribution in [3.63, 3.8) is 0 Å². The number of rotatable bonds is 6. The normalized spacial score (nSPS) is 19.0. The van der Waals surface area contributed by atoms with Crippen LogP contribution in [0.5, 0.6) is 0 Å². The fourth-order valence-electron chi connectivity index (χ4n) is 4.74. The summed E-state index contributed by atoms with van der Waals surface area (Å²) in [6, 6.07) is 7.62. The zero-order chi connectivity index (χ0) is 21.8. The van der Waals surface area contributed by atoms with E-state index in [4.69, 9.17) is 5.73 Å². The maximum absolute atomic E-state index is 12.6. The second kappa shape index (κ2) is 9.55. The Bertz CT molecular complexity index is 990. The van der Waals surface area contributed by atoms with Crippen LogP contribution in [0.1, 0.15) is 38.5 Å². The van der Waals surface area contributed by atoms with Gasteiger partial charge >= 0.3 is 0 Å². The molecular weight excluding hydrogens is 396 g/mol. The predicted octanol–water partition coefficient (Wildman–Crippen LogP) is 0.760. The molecule has 0 bridgehead atoms. The van der Waals surface area contributed by atoms with Crippen molar-refractivity contribution in [2.45, 2.75) is 51.1 Å². The summed E-state index contributed by atoms with van der Waals surface area (Å²) in [6.45, 7) is 3.72. The lowest BCUT2D eigenvalue weighted by atomic mass is 9.93. The highest BCUT2D eigenvalue weighted by atomic mass is 16.2. The summed E-state index contributed by atoms with van der Waals surface area (Å²) in [6.07, 6.45) is 4.56. The first-order valence-corrected chi connectivity index (χ1v) is 11.2. The molecule has 0 atom stereocenters. The molecule has 3 heterocycles. The lowest BCUT2D eigenvalue weighted by Crippen LogP contribution is -2.49. The van der Waals surface area contributed by atoms with Crippen LogP contribution in [0, 0.1) is 5.92 Å². The zero-order valence-corrected chi connectivity index (χ0v) is 17.8. The van der Waals surface area contributed by atoms with Gasteiger partial charge in [0.05, 0.1) is 5.39 Å². The molecule has 2 aliphatic heterocycles. The lowest BCUT2D eigenvalue weighted by Gasteiger charge is -2.41. The molecule has 2 amide bonds. The SMILES string of the molecule is NC(=O)C1CCN(C2CCN(C(=O)CCCn3nnc4ccccc4c3=O)CC2)CC1. The van der Waals surface area contributed by atoms with Gasteiger partial charge in [-0.1, -0.05) is 17.3 Å². The summed E-state index contributed by atoms with van der Waals surface area (Å²) >= 11 is 0. The highest BCUT2D eigenvalue weighted by Crippen LogP contribution is 2.24. The summed E-state index contributed by atoms with van der Waals surface area (Å²) in [5.41, 5.74) is 5.84. The van der Waals surface area contributed by atoms with E-state index in [0.29, 0.717) is 36.3 Å². The van der Waals surface area contributed by atoms with E-state index in [1.807, 2.05) is 17.0 Å². The summed E-state index contributed by atoms with van der Waals surface area (Å²) in [7, 11) is 0. The van der Waals surface area contributed by atoms with Crippen molar-refractivity contribution in [2.24, 2.45) is 11.7 Å². The molecule has 2 aliphatic rings. The fraction of sp³-hybridized carbons (Fsp3) is 0.591. The van der Waals surface area contributed by atoms with E-state index in [-0.39, 0.29) is 23.3 Å². The van der Waals surface area contributed by atoms with Gasteiger partial charge in [0.25, 0.3) is 5.56 Å². The van der Waals surface area contributed by atoms with Gasteiger partial charge in [0.2, 0.25) is 11.8 Å². The van der Waals surface area contributed by atoms with Crippen molar-refractivity contribution >= 4 is 22.7 Å². The van der Waals surface area contributed by atoms with Gasteiger partial charge in [-0.3, -0.25) is 14.4 Å². The van der Waals surface area contributed by atoms with E-state index in [2.05, 4.69) is 15.2 Å². The van der Waals surface area contributed by atoms with E-state index in [1.54, 1.807) is 12.1 Å². The van der Waals surface area contributed by atoms with E-state index in [0.717, 1.165) is 51.9 Å². The number of hydrogen-bond acceptors (Lipinski definition) is 6. The molecule has 4 rings (SSSR count). The number of nitrogens with zero attached hydrogens (tertiary/aromatic N) is 5. The fourth-order valence-corrected chi connectivity index (χ4v) is 4.74. The molecule has 31 heavy (non-hydrogen) atoms. The number of benzene rings is 1. The minimum absolute atomic E-state index is 0.0118. The van der Waals surface area contributed by atoms with Crippen molar-refractivity contribution in [2.75, 3.05) is 26.2 Å². The molecule has 2 fully saturated rings. The quantitative estimate of drug-likeness (QED) is 0.729. The highest BCUT2D eigenvalue weighted by Gasteiger charge is 2.30. The number of likely N-dealkylation sites (tertiary alicyclic amines) is 2. The Balaban J connectivity index is 1.22. The number of hydrogen-bond donors (Lipinski definition) is 1.